The van der Waals surface area contributed by atoms with Crippen molar-refractivity contribution in [3.63, 3.8) is 0 Å². The van der Waals surface area contributed by atoms with Gasteiger partial charge in [-0.25, -0.2) is 4.39 Å². The van der Waals surface area contributed by atoms with Gasteiger partial charge in [-0.2, -0.15) is 0 Å². The Kier molecular flexibility index (Phi) is 5.11. The van der Waals surface area contributed by atoms with Crippen LogP contribution in [-0.4, -0.2) is 12.1 Å². The van der Waals surface area contributed by atoms with E-state index >= 15 is 0 Å². The molecular formula is C19H15Cl2FN2O. The van der Waals surface area contributed by atoms with Gasteiger partial charge in [-0.3, -0.25) is 4.98 Å². The summed E-state index contributed by atoms with van der Waals surface area (Å²) in [6.07, 6.45) is 0.490. The number of anilines is 1. The molecule has 25 heavy (non-hydrogen) atoms. The average molecular weight is 377 g/mol. The van der Waals surface area contributed by atoms with Gasteiger partial charge in [-0.05, 0) is 23.8 Å². The van der Waals surface area contributed by atoms with Gasteiger partial charge in [0, 0.05) is 12.0 Å². The van der Waals surface area contributed by atoms with Gasteiger partial charge in [0.05, 0.1) is 34.2 Å². The van der Waals surface area contributed by atoms with Crippen LogP contribution in [-0.2, 0) is 6.42 Å². The lowest BCUT2D eigenvalue weighted by Gasteiger charge is -2.12. The van der Waals surface area contributed by atoms with Gasteiger partial charge in [-0.15, -0.1) is 0 Å². The third-order valence-electron chi connectivity index (χ3n) is 3.80. The van der Waals surface area contributed by atoms with Crippen molar-refractivity contribution in [1.82, 2.24) is 4.98 Å². The van der Waals surface area contributed by atoms with Gasteiger partial charge in [-0.1, -0.05) is 53.5 Å². The van der Waals surface area contributed by atoms with Gasteiger partial charge < -0.3 is 10.5 Å². The molecule has 3 rings (SSSR count). The van der Waals surface area contributed by atoms with Crippen LogP contribution in [0.15, 0.2) is 48.5 Å². The summed E-state index contributed by atoms with van der Waals surface area (Å²) in [6.45, 7) is 0. The lowest BCUT2D eigenvalue weighted by molar-refractivity contribution is 0.387. The standard InChI is InChI=1S/C19H15Cl2FN2O/c1-25-19-13(20)8-7-12(18(19)22)15-10-14(23)17(21)16(24-15)9-11-5-3-2-4-6-11/h2-8,10H,9H2,1H3,(H2,23,24). The van der Waals surface area contributed by atoms with E-state index in [1.807, 2.05) is 30.3 Å². The van der Waals surface area contributed by atoms with Crippen molar-refractivity contribution < 1.29 is 9.13 Å². The number of nitrogen functional groups attached to an aromatic ring is 1. The van der Waals surface area contributed by atoms with Crippen LogP contribution >= 0.6 is 23.2 Å². The largest absolute Gasteiger partial charge is 0.492 e. The van der Waals surface area contributed by atoms with Gasteiger partial charge in [0.25, 0.3) is 0 Å². The van der Waals surface area contributed by atoms with E-state index in [1.54, 1.807) is 18.2 Å². The van der Waals surface area contributed by atoms with Gasteiger partial charge in [0.2, 0.25) is 0 Å². The van der Waals surface area contributed by atoms with Crippen molar-refractivity contribution in [2.24, 2.45) is 0 Å². The molecule has 0 atom stereocenters. The molecule has 2 N–H and O–H groups in total. The smallest absolute Gasteiger partial charge is 0.175 e. The van der Waals surface area contributed by atoms with Gasteiger partial charge in [0.1, 0.15) is 0 Å². The highest BCUT2D eigenvalue weighted by Gasteiger charge is 2.18. The van der Waals surface area contributed by atoms with E-state index in [4.69, 9.17) is 33.7 Å². The minimum atomic E-state index is -0.588. The number of methoxy groups -OCH3 is 1. The molecule has 2 aromatic carbocycles. The highest BCUT2D eigenvalue weighted by Crippen LogP contribution is 2.36. The summed E-state index contributed by atoms with van der Waals surface area (Å²) >= 11 is 12.3. The Morgan fingerprint density at radius 3 is 2.52 bits per heavy atom. The van der Waals surface area contributed by atoms with Crippen LogP contribution in [0, 0.1) is 5.82 Å². The molecule has 0 radical (unpaired) electrons. The second kappa shape index (κ2) is 7.30. The van der Waals surface area contributed by atoms with Crippen LogP contribution in [0.5, 0.6) is 5.75 Å². The zero-order valence-corrected chi connectivity index (χ0v) is 14.9. The highest BCUT2D eigenvalue weighted by atomic mass is 35.5. The molecule has 0 spiro atoms. The maximum atomic E-state index is 14.7. The average Bonchev–Trinajstić information content (AvgIpc) is 2.60. The van der Waals surface area contributed by atoms with Crippen molar-refractivity contribution in [3.05, 3.63) is 75.7 Å². The Hall–Kier alpha value is -2.30. The zero-order valence-electron chi connectivity index (χ0n) is 13.4. The summed E-state index contributed by atoms with van der Waals surface area (Å²) in [5.41, 5.74) is 8.58. The van der Waals surface area contributed by atoms with Crippen LogP contribution in [0.2, 0.25) is 10.0 Å². The first-order valence-corrected chi connectivity index (χ1v) is 8.28. The van der Waals surface area contributed by atoms with E-state index < -0.39 is 5.82 Å². The number of benzene rings is 2. The first-order chi connectivity index (χ1) is 12.0. The lowest BCUT2D eigenvalue weighted by Crippen LogP contribution is -2.01. The maximum absolute atomic E-state index is 14.7. The van der Waals surface area contributed by atoms with Crippen molar-refractivity contribution in [2.45, 2.75) is 6.42 Å². The number of hydrogen-bond donors (Lipinski definition) is 1. The summed E-state index contributed by atoms with van der Waals surface area (Å²) in [5, 5.41) is 0.559. The number of nitrogens with two attached hydrogens (primary N) is 1. The minimum absolute atomic E-state index is 0.0286. The van der Waals surface area contributed by atoms with Crippen LogP contribution in [0.4, 0.5) is 10.1 Å². The Morgan fingerprint density at radius 1 is 1.12 bits per heavy atom. The Balaban J connectivity index is 2.10. The first-order valence-electron chi connectivity index (χ1n) is 7.52. The molecular weight excluding hydrogens is 362 g/mol. The quantitative estimate of drug-likeness (QED) is 0.665. The lowest BCUT2D eigenvalue weighted by atomic mass is 10.1. The Bertz CT molecular complexity index is 917. The summed E-state index contributed by atoms with van der Waals surface area (Å²) in [7, 11) is 1.36. The SMILES string of the molecule is COc1c(Cl)ccc(-c2cc(N)c(Cl)c(Cc3ccccc3)n2)c1F. The fourth-order valence-corrected chi connectivity index (χ4v) is 2.95. The predicted octanol–water partition coefficient (Wildman–Crippen LogP) is 5.38. The number of hydrogen-bond acceptors (Lipinski definition) is 3. The molecule has 0 bridgehead atoms. The number of ether oxygens (including phenoxy) is 1. The van der Waals surface area contributed by atoms with Crippen molar-refractivity contribution >= 4 is 28.9 Å². The topological polar surface area (TPSA) is 48.1 Å². The van der Waals surface area contributed by atoms with E-state index in [2.05, 4.69) is 4.98 Å². The van der Waals surface area contributed by atoms with E-state index in [1.165, 1.54) is 7.11 Å². The number of rotatable bonds is 4. The van der Waals surface area contributed by atoms with E-state index in [9.17, 15) is 4.39 Å². The molecule has 0 saturated carbocycles. The predicted molar refractivity (Wildman–Crippen MR) is 99.9 cm³/mol. The molecule has 128 valence electrons. The van der Waals surface area contributed by atoms with Crippen molar-refractivity contribution in [3.8, 4) is 17.0 Å². The third-order valence-corrected chi connectivity index (χ3v) is 4.53. The first kappa shape index (κ1) is 17.5. The molecule has 0 aliphatic heterocycles. The molecule has 0 aliphatic rings. The molecule has 6 heteroatoms. The fraction of sp³-hybridized carbons (Fsp3) is 0.105. The number of pyridine rings is 1. The van der Waals surface area contributed by atoms with Crippen molar-refractivity contribution in [1.29, 1.82) is 0 Å². The number of halogens is 3. The second-order valence-corrected chi connectivity index (χ2v) is 6.25. The summed E-state index contributed by atoms with van der Waals surface area (Å²) in [6, 6.07) is 14.4. The molecule has 3 nitrogen and oxygen atoms in total. The van der Waals surface area contributed by atoms with Crippen LogP contribution < -0.4 is 10.5 Å². The van der Waals surface area contributed by atoms with Crippen LogP contribution in [0.1, 0.15) is 11.3 Å². The summed E-state index contributed by atoms with van der Waals surface area (Å²) in [4.78, 5) is 4.51. The molecule has 1 aromatic heterocycles. The maximum Gasteiger partial charge on any atom is 0.175 e. The van der Waals surface area contributed by atoms with Gasteiger partial charge in [0.15, 0.2) is 11.6 Å². The monoisotopic (exact) mass is 376 g/mol. The number of nitrogens with zero attached hydrogens (tertiary/aromatic N) is 1. The molecule has 0 fully saturated rings. The minimum Gasteiger partial charge on any atom is -0.492 e. The normalized spacial score (nSPS) is 10.7. The second-order valence-electron chi connectivity index (χ2n) is 5.46. The molecule has 0 aliphatic carbocycles. The summed E-state index contributed by atoms with van der Waals surface area (Å²) < 4.78 is 19.7. The molecule has 0 saturated heterocycles. The van der Waals surface area contributed by atoms with Crippen molar-refractivity contribution in [2.75, 3.05) is 12.8 Å². The summed E-state index contributed by atoms with van der Waals surface area (Å²) in [5.74, 6) is -0.617. The van der Waals surface area contributed by atoms with E-state index in [0.717, 1.165) is 5.56 Å². The highest BCUT2D eigenvalue weighted by molar-refractivity contribution is 6.33. The van der Waals surface area contributed by atoms with Crippen LogP contribution in [0.3, 0.4) is 0 Å². The third kappa shape index (κ3) is 3.55. The zero-order chi connectivity index (χ0) is 18.0. The van der Waals surface area contributed by atoms with Crippen LogP contribution in [0.25, 0.3) is 11.3 Å². The van der Waals surface area contributed by atoms with Gasteiger partial charge >= 0.3 is 0 Å². The van der Waals surface area contributed by atoms with E-state index in [0.29, 0.717) is 28.5 Å². The fourth-order valence-electron chi connectivity index (χ4n) is 2.57. The molecule has 0 unspecified atom stereocenters. The Morgan fingerprint density at radius 2 is 1.84 bits per heavy atom. The molecule has 3 aromatic rings. The number of aromatic nitrogens is 1. The molecule has 1 heterocycles. The molecule has 0 amide bonds. The Labute approximate surface area is 155 Å². The van der Waals surface area contributed by atoms with E-state index in [-0.39, 0.29) is 16.3 Å².